The Hall–Kier alpha value is 0.0187. The number of unbranched alkanes of at least 4 members (excludes halogenated alkanes) is 2. The van der Waals surface area contributed by atoms with E-state index in [0.717, 1.165) is 34.6 Å². The fourth-order valence-electron chi connectivity index (χ4n) is 4.31. The minimum absolute atomic E-state index is 0.298. The Bertz CT molecular complexity index is 554. The molecule has 0 unspecified atom stereocenters. The average molecular weight is 539 g/mol. The van der Waals surface area contributed by atoms with Gasteiger partial charge in [0.25, 0.3) is 0 Å². The number of aliphatic hydroxyl groups is 4. The van der Waals surface area contributed by atoms with Crippen LogP contribution in [0.15, 0.2) is 12.3 Å². The van der Waals surface area contributed by atoms with E-state index in [4.69, 9.17) is 20.4 Å². The summed E-state index contributed by atoms with van der Waals surface area (Å²) < 4.78 is 31.8. The predicted octanol–water partition coefficient (Wildman–Crippen LogP) is 0.542. The topological polar surface area (TPSA) is 127 Å². The number of rotatable bonds is 10. The Labute approximate surface area is 182 Å². The van der Waals surface area contributed by atoms with Gasteiger partial charge in [0.1, 0.15) is 0 Å². The van der Waals surface area contributed by atoms with Crippen LogP contribution in [0.3, 0.4) is 0 Å². The van der Waals surface area contributed by atoms with Crippen molar-refractivity contribution < 1.29 is 40.8 Å². The monoisotopic (exact) mass is 540 g/mol. The second-order valence-electron chi connectivity index (χ2n) is 8.28. The van der Waals surface area contributed by atoms with Crippen LogP contribution in [0.25, 0.3) is 0 Å². The van der Waals surface area contributed by atoms with Crippen LogP contribution in [0.2, 0.25) is 8.87 Å². The Balaban J connectivity index is 1.76. The van der Waals surface area contributed by atoms with E-state index in [0.29, 0.717) is 0 Å². The number of fused-ring (bicyclic) bond motifs is 1. The first-order valence-corrected chi connectivity index (χ1v) is 17.4. The third-order valence-corrected chi connectivity index (χ3v) is 16.4. The van der Waals surface area contributed by atoms with E-state index in [-0.39, 0.29) is 13.2 Å². The molecule has 30 heavy (non-hydrogen) atoms. The summed E-state index contributed by atoms with van der Waals surface area (Å²) in [5, 5.41) is 40.7. The molecule has 10 heteroatoms. The Kier molecular flexibility index (Phi) is 9.24. The molecule has 9 nitrogen and oxygen atoms in total. The van der Waals surface area contributed by atoms with Crippen molar-refractivity contribution in [2.45, 2.75) is 97.4 Å². The minimum atomic E-state index is -3.43. The molecule has 0 aromatic heterocycles. The Morgan fingerprint density at radius 2 is 1.57 bits per heavy atom. The zero-order valence-corrected chi connectivity index (χ0v) is 20.6. The molecule has 0 saturated carbocycles. The summed E-state index contributed by atoms with van der Waals surface area (Å²) in [4.78, 5) is 0. The molecule has 3 rings (SSSR count). The first-order chi connectivity index (χ1) is 14.5. The van der Waals surface area contributed by atoms with Crippen LogP contribution in [-0.4, -0.2) is 102 Å². The standard InChI is InChI=1S/C12H18O9.2C4H9.Sn/c13-3-6-8(16)9(17)10(18)12(20-6)21-11-5(15)1-2-19-7(11)4-14;2*1-3-4-2;/h1-2,5-15,18H,3-4H2;2*1,3-4H2,2H3;/q-2;;;+2/t5-,6+,7+,8-,9-,10+,11-,12-;;;/m0.../s1. The molecule has 3 aliphatic rings. The summed E-state index contributed by atoms with van der Waals surface area (Å²) >= 11 is -3.43. The van der Waals surface area contributed by atoms with Gasteiger partial charge in [-0.1, -0.05) is 0 Å². The molecule has 2 fully saturated rings. The quantitative estimate of drug-likeness (QED) is 0.295. The SMILES string of the molecule is CCC[CH2][Sn]1([CH2]CCC)[O][C@@H]2[C@@H](O)[C@H](O[C@H]3[C@@H](O)C=CO[C@@H]3CO)O[C@H](CO)[C@@H]2[O]1. The fraction of sp³-hybridized carbons (Fsp3) is 0.900. The number of hydrogen-bond acceptors (Lipinski definition) is 9. The van der Waals surface area contributed by atoms with Crippen molar-refractivity contribution in [3.63, 3.8) is 0 Å². The van der Waals surface area contributed by atoms with Gasteiger partial charge in [-0.15, -0.1) is 0 Å². The van der Waals surface area contributed by atoms with Gasteiger partial charge in [-0.3, -0.25) is 0 Å². The van der Waals surface area contributed by atoms with Crippen LogP contribution in [0.4, 0.5) is 0 Å². The van der Waals surface area contributed by atoms with Crippen LogP contribution in [0.1, 0.15) is 39.5 Å². The van der Waals surface area contributed by atoms with Gasteiger partial charge >= 0.3 is 183 Å². The van der Waals surface area contributed by atoms with E-state index in [1.54, 1.807) is 0 Å². The van der Waals surface area contributed by atoms with E-state index < -0.39 is 68.2 Å². The fourth-order valence-corrected chi connectivity index (χ4v) is 16.0. The summed E-state index contributed by atoms with van der Waals surface area (Å²) in [5.74, 6) is 0. The predicted molar refractivity (Wildman–Crippen MR) is 109 cm³/mol. The Morgan fingerprint density at radius 3 is 2.17 bits per heavy atom. The maximum absolute atomic E-state index is 11.0. The number of ether oxygens (including phenoxy) is 3. The van der Waals surface area contributed by atoms with Gasteiger partial charge < -0.3 is 0 Å². The molecule has 0 amide bonds. The molecule has 3 heterocycles. The molecule has 174 valence electrons. The molecule has 0 bridgehead atoms. The summed E-state index contributed by atoms with van der Waals surface area (Å²) in [5.41, 5.74) is 0. The van der Waals surface area contributed by atoms with E-state index in [1.165, 1.54) is 12.3 Å². The van der Waals surface area contributed by atoms with Crippen LogP contribution in [-0.2, 0) is 20.4 Å². The van der Waals surface area contributed by atoms with Crippen LogP contribution in [0, 0.1) is 0 Å². The molecule has 0 aromatic rings. The number of aliphatic hydroxyl groups excluding tert-OH is 4. The van der Waals surface area contributed by atoms with Gasteiger partial charge in [-0.05, 0) is 0 Å². The van der Waals surface area contributed by atoms with E-state index in [2.05, 4.69) is 13.8 Å². The van der Waals surface area contributed by atoms with Crippen molar-refractivity contribution in [1.82, 2.24) is 0 Å². The third kappa shape index (κ3) is 5.32. The maximum atomic E-state index is 11.0. The Morgan fingerprint density at radius 1 is 0.933 bits per heavy atom. The molecule has 0 aromatic carbocycles. The summed E-state index contributed by atoms with van der Waals surface area (Å²) in [6.45, 7) is 3.60. The van der Waals surface area contributed by atoms with E-state index >= 15 is 0 Å². The zero-order chi connectivity index (χ0) is 21.7. The van der Waals surface area contributed by atoms with Crippen LogP contribution in [0.5, 0.6) is 0 Å². The molecule has 0 radical (unpaired) electrons. The summed E-state index contributed by atoms with van der Waals surface area (Å²) in [6, 6.07) is 0. The molecular weight excluding hydrogens is 503 g/mol. The van der Waals surface area contributed by atoms with Crippen LogP contribution >= 0.6 is 0 Å². The van der Waals surface area contributed by atoms with Gasteiger partial charge in [0.2, 0.25) is 0 Å². The van der Waals surface area contributed by atoms with Gasteiger partial charge in [0, 0.05) is 0 Å². The third-order valence-electron chi connectivity index (χ3n) is 6.02. The molecular formula is C20H36O9Sn. The van der Waals surface area contributed by atoms with Crippen LogP contribution < -0.4 is 0 Å². The molecule has 3 aliphatic heterocycles. The van der Waals surface area contributed by atoms with Gasteiger partial charge in [0.15, 0.2) is 0 Å². The van der Waals surface area contributed by atoms with Gasteiger partial charge in [-0.25, -0.2) is 0 Å². The second kappa shape index (κ2) is 11.2. The van der Waals surface area contributed by atoms with Crippen molar-refractivity contribution in [1.29, 1.82) is 0 Å². The van der Waals surface area contributed by atoms with Crippen molar-refractivity contribution >= 4 is 19.2 Å². The van der Waals surface area contributed by atoms with Crippen molar-refractivity contribution in [2.75, 3.05) is 13.2 Å². The number of hydrogen-bond donors (Lipinski definition) is 4. The van der Waals surface area contributed by atoms with Crippen molar-refractivity contribution in [3.05, 3.63) is 12.3 Å². The molecule has 4 N–H and O–H groups in total. The molecule has 2 saturated heterocycles. The zero-order valence-electron chi connectivity index (χ0n) is 17.8. The van der Waals surface area contributed by atoms with Crippen molar-refractivity contribution in [2.24, 2.45) is 0 Å². The first-order valence-electron chi connectivity index (χ1n) is 11.0. The molecule has 8 atom stereocenters. The average Bonchev–Trinajstić information content (AvgIpc) is 3.14. The first kappa shape index (κ1) is 24.7. The summed E-state index contributed by atoms with van der Waals surface area (Å²) in [7, 11) is 0. The molecule has 0 spiro atoms. The molecule has 0 aliphatic carbocycles. The second-order valence-corrected chi connectivity index (χ2v) is 17.7. The summed E-state index contributed by atoms with van der Waals surface area (Å²) in [6.07, 6.45) is -0.0817. The van der Waals surface area contributed by atoms with Crippen molar-refractivity contribution in [3.8, 4) is 0 Å². The van der Waals surface area contributed by atoms with Gasteiger partial charge in [0.05, 0.1) is 0 Å². The van der Waals surface area contributed by atoms with Gasteiger partial charge in [-0.2, -0.15) is 0 Å². The normalized spacial score (nSPS) is 40.2. The van der Waals surface area contributed by atoms with E-state index in [9.17, 15) is 20.4 Å². The van der Waals surface area contributed by atoms with E-state index in [1.807, 2.05) is 0 Å².